The van der Waals surface area contributed by atoms with Gasteiger partial charge in [0.05, 0.1) is 5.60 Å². The molecule has 14 heavy (non-hydrogen) atoms. The summed E-state index contributed by atoms with van der Waals surface area (Å²) in [5.74, 6) is 0.124. The van der Waals surface area contributed by atoms with Crippen LogP contribution in [0.5, 0.6) is 0 Å². The van der Waals surface area contributed by atoms with Crippen LogP contribution in [0.3, 0.4) is 0 Å². The van der Waals surface area contributed by atoms with E-state index in [2.05, 4.69) is 0 Å². The van der Waals surface area contributed by atoms with Crippen LogP contribution in [0.25, 0.3) is 0 Å². The van der Waals surface area contributed by atoms with Gasteiger partial charge in [-0.25, -0.2) is 0 Å². The number of ether oxygens (including phenoxy) is 1. The predicted molar refractivity (Wildman–Crippen MR) is 51.9 cm³/mol. The SMILES string of the molecule is O=CC(O)C1CCOC2(CCCC2)C1. The van der Waals surface area contributed by atoms with Crippen molar-refractivity contribution >= 4 is 6.29 Å². The van der Waals surface area contributed by atoms with Crippen molar-refractivity contribution in [3.63, 3.8) is 0 Å². The lowest BCUT2D eigenvalue weighted by Crippen LogP contribution is -2.41. The molecule has 1 aliphatic heterocycles. The van der Waals surface area contributed by atoms with Crippen molar-refractivity contribution < 1.29 is 14.6 Å². The van der Waals surface area contributed by atoms with Gasteiger partial charge < -0.3 is 14.6 Å². The molecule has 0 radical (unpaired) electrons. The number of aldehydes is 1. The molecule has 0 amide bonds. The van der Waals surface area contributed by atoms with Gasteiger partial charge in [-0.3, -0.25) is 0 Å². The highest BCUT2D eigenvalue weighted by molar-refractivity contribution is 5.56. The molecule has 1 heterocycles. The van der Waals surface area contributed by atoms with Gasteiger partial charge in [-0.1, -0.05) is 12.8 Å². The van der Waals surface area contributed by atoms with E-state index in [1.807, 2.05) is 0 Å². The van der Waals surface area contributed by atoms with Crippen LogP contribution in [0.4, 0.5) is 0 Å². The molecule has 1 saturated carbocycles. The Bertz CT molecular complexity index is 209. The summed E-state index contributed by atoms with van der Waals surface area (Å²) >= 11 is 0. The van der Waals surface area contributed by atoms with Crippen LogP contribution < -0.4 is 0 Å². The Morgan fingerprint density at radius 3 is 2.79 bits per heavy atom. The Balaban J connectivity index is 1.99. The number of carbonyl (C=O) groups excluding carboxylic acids is 1. The molecule has 3 nitrogen and oxygen atoms in total. The highest BCUT2D eigenvalue weighted by Gasteiger charge is 2.41. The molecule has 0 aromatic rings. The molecule has 0 aromatic carbocycles. The average molecular weight is 198 g/mol. The molecular weight excluding hydrogens is 180 g/mol. The maximum absolute atomic E-state index is 10.5. The molecule has 2 atom stereocenters. The van der Waals surface area contributed by atoms with Crippen LogP contribution in [0.15, 0.2) is 0 Å². The van der Waals surface area contributed by atoms with Gasteiger partial charge in [-0.05, 0) is 31.6 Å². The van der Waals surface area contributed by atoms with Crippen molar-refractivity contribution in [2.45, 2.75) is 50.2 Å². The predicted octanol–water partition coefficient (Wildman–Crippen LogP) is 1.29. The fourth-order valence-electron chi connectivity index (χ4n) is 2.84. The fraction of sp³-hybridized carbons (Fsp3) is 0.909. The lowest BCUT2D eigenvalue weighted by atomic mass is 9.82. The first-order valence-electron chi connectivity index (χ1n) is 5.53. The van der Waals surface area contributed by atoms with E-state index in [9.17, 15) is 9.90 Å². The lowest BCUT2D eigenvalue weighted by Gasteiger charge is -2.39. The molecule has 1 spiro atoms. The molecule has 0 bridgehead atoms. The summed E-state index contributed by atoms with van der Waals surface area (Å²) in [6.45, 7) is 0.704. The van der Waals surface area contributed by atoms with Crippen molar-refractivity contribution in [1.29, 1.82) is 0 Å². The van der Waals surface area contributed by atoms with Gasteiger partial charge >= 0.3 is 0 Å². The first-order chi connectivity index (χ1) is 6.76. The van der Waals surface area contributed by atoms with Gasteiger partial charge in [0.1, 0.15) is 12.4 Å². The quantitative estimate of drug-likeness (QED) is 0.680. The van der Waals surface area contributed by atoms with Crippen LogP contribution in [0, 0.1) is 5.92 Å². The number of aliphatic hydroxyl groups is 1. The summed E-state index contributed by atoms with van der Waals surface area (Å²) < 4.78 is 5.82. The molecule has 1 saturated heterocycles. The maximum Gasteiger partial charge on any atom is 0.148 e. The molecule has 0 aromatic heterocycles. The van der Waals surface area contributed by atoms with E-state index < -0.39 is 6.10 Å². The Kier molecular flexibility index (Phi) is 2.88. The second-order valence-electron chi connectivity index (χ2n) is 4.62. The van der Waals surface area contributed by atoms with Crippen molar-refractivity contribution in [3.8, 4) is 0 Å². The number of hydrogen-bond donors (Lipinski definition) is 1. The minimum absolute atomic E-state index is 0.00685. The van der Waals surface area contributed by atoms with Crippen molar-refractivity contribution in [2.24, 2.45) is 5.92 Å². The number of carbonyl (C=O) groups is 1. The molecular formula is C11H18O3. The third kappa shape index (κ3) is 1.84. The number of aliphatic hydroxyl groups excluding tert-OH is 1. The largest absolute Gasteiger partial charge is 0.385 e. The number of hydrogen-bond acceptors (Lipinski definition) is 3. The Hall–Kier alpha value is -0.410. The van der Waals surface area contributed by atoms with Crippen molar-refractivity contribution in [3.05, 3.63) is 0 Å². The normalized spacial score (nSPS) is 33.1. The zero-order valence-corrected chi connectivity index (χ0v) is 8.45. The fourth-order valence-corrected chi connectivity index (χ4v) is 2.84. The summed E-state index contributed by atoms with van der Waals surface area (Å²) in [5.41, 5.74) is 0.00685. The van der Waals surface area contributed by atoms with Crippen LogP contribution in [-0.2, 0) is 9.53 Å². The topological polar surface area (TPSA) is 46.5 Å². The summed E-state index contributed by atoms with van der Waals surface area (Å²) in [6.07, 6.45) is 6.24. The Labute approximate surface area is 84.4 Å². The van der Waals surface area contributed by atoms with Crippen LogP contribution in [0.1, 0.15) is 38.5 Å². The Morgan fingerprint density at radius 2 is 2.14 bits per heavy atom. The molecule has 3 heteroatoms. The van der Waals surface area contributed by atoms with E-state index in [0.29, 0.717) is 12.9 Å². The van der Waals surface area contributed by atoms with Crippen molar-refractivity contribution in [1.82, 2.24) is 0 Å². The van der Waals surface area contributed by atoms with E-state index >= 15 is 0 Å². The summed E-state index contributed by atoms with van der Waals surface area (Å²) in [5, 5.41) is 9.50. The molecule has 2 unspecified atom stereocenters. The molecule has 2 rings (SSSR count). The zero-order chi connectivity index (χ0) is 10.0. The van der Waals surface area contributed by atoms with Gasteiger partial charge in [0.25, 0.3) is 0 Å². The molecule has 80 valence electrons. The third-order valence-electron chi connectivity index (χ3n) is 3.67. The first-order valence-corrected chi connectivity index (χ1v) is 5.53. The second kappa shape index (κ2) is 3.99. The molecule has 2 aliphatic rings. The minimum Gasteiger partial charge on any atom is -0.385 e. The molecule has 1 N–H and O–H groups in total. The van der Waals surface area contributed by atoms with Gasteiger partial charge in [-0.15, -0.1) is 0 Å². The molecule has 1 aliphatic carbocycles. The van der Waals surface area contributed by atoms with E-state index in [-0.39, 0.29) is 11.5 Å². The minimum atomic E-state index is -0.781. The van der Waals surface area contributed by atoms with Crippen LogP contribution >= 0.6 is 0 Å². The third-order valence-corrected chi connectivity index (χ3v) is 3.67. The van der Waals surface area contributed by atoms with E-state index in [0.717, 1.165) is 25.7 Å². The van der Waals surface area contributed by atoms with E-state index in [1.165, 1.54) is 12.8 Å². The lowest BCUT2D eigenvalue weighted by molar-refractivity contribution is -0.130. The van der Waals surface area contributed by atoms with Gasteiger partial charge in [0.2, 0.25) is 0 Å². The first kappa shape index (κ1) is 10.1. The highest BCUT2D eigenvalue weighted by atomic mass is 16.5. The Morgan fingerprint density at radius 1 is 1.43 bits per heavy atom. The summed E-state index contributed by atoms with van der Waals surface area (Å²) in [7, 11) is 0. The van der Waals surface area contributed by atoms with E-state index in [4.69, 9.17) is 4.74 Å². The molecule has 2 fully saturated rings. The number of rotatable bonds is 2. The maximum atomic E-state index is 10.5. The van der Waals surface area contributed by atoms with Crippen LogP contribution in [-0.4, -0.2) is 29.7 Å². The van der Waals surface area contributed by atoms with Crippen molar-refractivity contribution in [2.75, 3.05) is 6.61 Å². The van der Waals surface area contributed by atoms with E-state index in [1.54, 1.807) is 0 Å². The van der Waals surface area contributed by atoms with Gasteiger partial charge in [0.15, 0.2) is 0 Å². The van der Waals surface area contributed by atoms with Crippen LogP contribution in [0.2, 0.25) is 0 Å². The smallest absolute Gasteiger partial charge is 0.148 e. The highest BCUT2D eigenvalue weighted by Crippen LogP contribution is 2.42. The standard InChI is InChI=1S/C11H18O3/c12-8-10(13)9-3-6-14-11(7-9)4-1-2-5-11/h8-10,13H,1-7H2. The van der Waals surface area contributed by atoms with Gasteiger partial charge in [-0.2, -0.15) is 0 Å². The van der Waals surface area contributed by atoms with Gasteiger partial charge in [0, 0.05) is 6.61 Å². The monoisotopic (exact) mass is 198 g/mol. The second-order valence-corrected chi connectivity index (χ2v) is 4.62. The average Bonchev–Trinajstić information content (AvgIpc) is 2.65. The summed E-state index contributed by atoms with van der Waals surface area (Å²) in [4.78, 5) is 10.5. The zero-order valence-electron chi connectivity index (χ0n) is 8.45. The summed E-state index contributed by atoms with van der Waals surface area (Å²) in [6, 6.07) is 0.